The van der Waals surface area contributed by atoms with Gasteiger partial charge in [0.1, 0.15) is 17.3 Å². The van der Waals surface area contributed by atoms with Gasteiger partial charge in [0.2, 0.25) is 0 Å². The third-order valence-corrected chi connectivity index (χ3v) is 4.62. The predicted molar refractivity (Wildman–Crippen MR) is 99.2 cm³/mol. The van der Waals surface area contributed by atoms with Gasteiger partial charge >= 0.3 is 6.18 Å². The van der Waals surface area contributed by atoms with Crippen molar-refractivity contribution in [3.63, 3.8) is 0 Å². The van der Waals surface area contributed by atoms with Crippen LogP contribution in [0.4, 0.5) is 22.0 Å². The second kappa shape index (κ2) is 7.56. The van der Waals surface area contributed by atoms with Gasteiger partial charge in [-0.1, -0.05) is 22.8 Å². The highest BCUT2D eigenvalue weighted by atomic mass is 35.5. The highest BCUT2D eigenvalue weighted by Crippen LogP contribution is 2.35. The van der Waals surface area contributed by atoms with Gasteiger partial charge in [-0.3, -0.25) is 0 Å². The van der Waals surface area contributed by atoms with Crippen LogP contribution in [0.15, 0.2) is 59.3 Å². The minimum Gasteiger partial charge on any atom is -0.356 e. The molecule has 0 radical (unpaired) electrons. The molecule has 0 amide bonds. The van der Waals surface area contributed by atoms with Crippen LogP contribution < -0.4 is 0 Å². The van der Waals surface area contributed by atoms with E-state index in [-0.39, 0.29) is 39.0 Å². The van der Waals surface area contributed by atoms with Crippen LogP contribution in [0, 0.1) is 11.6 Å². The van der Waals surface area contributed by atoms with Crippen LogP contribution in [0.5, 0.6) is 0 Å². The fourth-order valence-corrected chi connectivity index (χ4v) is 3.27. The number of benzene rings is 2. The van der Waals surface area contributed by atoms with Crippen LogP contribution >= 0.6 is 11.6 Å². The van der Waals surface area contributed by atoms with Crippen LogP contribution in [0.3, 0.4) is 0 Å². The zero-order chi connectivity index (χ0) is 21.5. The Morgan fingerprint density at radius 1 is 1.03 bits per heavy atom. The van der Waals surface area contributed by atoms with Crippen molar-refractivity contribution in [3.8, 4) is 28.3 Å². The molecule has 0 unspecified atom stereocenters. The third kappa shape index (κ3) is 3.93. The number of nitrogens with zero attached hydrogens (tertiary/aromatic N) is 3. The molecule has 4 aromatic rings. The van der Waals surface area contributed by atoms with Gasteiger partial charge in [-0.15, -0.1) is 0 Å². The van der Waals surface area contributed by atoms with Crippen molar-refractivity contribution >= 4 is 11.6 Å². The van der Waals surface area contributed by atoms with E-state index in [0.717, 1.165) is 16.8 Å². The monoisotopic (exact) mass is 439 g/mol. The van der Waals surface area contributed by atoms with Gasteiger partial charge in [0.15, 0.2) is 5.76 Å². The third-order valence-electron chi connectivity index (χ3n) is 4.30. The van der Waals surface area contributed by atoms with E-state index in [0.29, 0.717) is 0 Å². The summed E-state index contributed by atoms with van der Waals surface area (Å²) in [5.41, 5.74) is 0.0103. The largest absolute Gasteiger partial charge is 0.394 e. The first-order chi connectivity index (χ1) is 14.2. The van der Waals surface area contributed by atoms with E-state index < -0.39 is 24.2 Å². The molecular formula is C20H11ClF5N3O. The van der Waals surface area contributed by atoms with E-state index in [9.17, 15) is 22.0 Å². The van der Waals surface area contributed by atoms with E-state index in [4.69, 9.17) is 16.1 Å². The molecule has 10 heteroatoms. The molecule has 0 aliphatic carbocycles. The molecule has 0 fully saturated rings. The van der Waals surface area contributed by atoms with Crippen molar-refractivity contribution < 1.29 is 26.5 Å². The molecule has 0 atom stereocenters. The lowest BCUT2D eigenvalue weighted by Crippen LogP contribution is -2.16. The molecule has 0 saturated carbocycles. The van der Waals surface area contributed by atoms with Crippen LogP contribution in [-0.2, 0) is 6.42 Å². The summed E-state index contributed by atoms with van der Waals surface area (Å²) in [6.07, 6.45) is -4.70. The average Bonchev–Trinajstić information content (AvgIpc) is 3.28. The number of aromatic nitrogens is 3. The quantitative estimate of drug-likeness (QED) is 0.354. The van der Waals surface area contributed by atoms with Gasteiger partial charge in [0.25, 0.3) is 0 Å². The molecule has 2 heterocycles. The zero-order valence-corrected chi connectivity index (χ0v) is 15.7. The summed E-state index contributed by atoms with van der Waals surface area (Å²) < 4.78 is 73.3. The molecular weight excluding hydrogens is 429 g/mol. The Morgan fingerprint density at radius 2 is 1.77 bits per heavy atom. The number of hydrogen-bond acceptors (Lipinski definition) is 3. The molecule has 154 valence electrons. The Morgan fingerprint density at radius 3 is 2.43 bits per heavy atom. The summed E-state index contributed by atoms with van der Waals surface area (Å²) in [6, 6.07) is 10.2. The van der Waals surface area contributed by atoms with Crippen molar-refractivity contribution in [1.82, 2.24) is 14.9 Å². The van der Waals surface area contributed by atoms with Gasteiger partial charge in [-0.25, -0.2) is 13.5 Å². The standard InChI is InChI=1S/C20H11ClF5N3O/c21-14-2-1-3-15(23)19(14)16-8-18(30-28-16)13-10-27-29(17(13)9-20(24,25)26)12-6-4-11(22)5-7-12/h1-8,10H,9H2. The van der Waals surface area contributed by atoms with Crippen molar-refractivity contribution in [2.24, 2.45) is 0 Å². The maximum Gasteiger partial charge on any atom is 0.394 e. The molecule has 0 saturated heterocycles. The van der Waals surface area contributed by atoms with Crippen LogP contribution in [0.25, 0.3) is 28.3 Å². The second-order valence-corrected chi connectivity index (χ2v) is 6.77. The molecule has 2 aromatic heterocycles. The molecule has 0 aliphatic rings. The molecule has 0 aliphatic heterocycles. The number of rotatable bonds is 4. The molecule has 4 nitrogen and oxygen atoms in total. The first-order valence-electron chi connectivity index (χ1n) is 8.54. The first kappa shape index (κ1) is 20.1. The van der Waals surface area contributed by atoms with Crippen LogP contribution in [-0.4, -0.2) is 21.1 Å². The predicted octanol–water partition coefficient (Wildman–Crippen LogP) is 6.23. The topological polar surface area (TPSA) is 43.9 Å². The molecule has 2 aromatic carbocycles. The van der Waals surface area contributed by atoms with Gasteiger partial charge in [-0.2, -0.15) is 18.3 Å². The summed E-state index contributed by atoms with van der Waals surface area (Å²) in [6.45, 7) is 0. The number of alkyl halides is 3. The normalized spacial score (nSPS) is 11.8. The SMILES string of the molecule is Fc1ccc(-n2ncc(-c3cc(-c4c(F)cccc4Cl)no3)c2CC(F)(F)F)cc1. The maximum absolute atomic E-state index is 14.1. The van der Waals surface area contributed by atoms with Crippen LogP contribution in [0.2, 0.25) is 5.02 Å². The van der Waals surface area contributed by atoms with E-state index in [2.05, 4.69) is 10.3 Å². The lowest BCUT2D eigenvalue weighted by atomic mass is 10.1. The summed E-state index contributed by atoms with van der Waals surface area (Å²) >= 11 is 6.02. The van der Waals surface area contributed by atoms with Gasteiger partial charge in [0.05, 0.1) is 40.1 Å². The summed E-state index contributed by atoms with van der Waals surface area (Å²) in [7, 11) is 0. The summed E-state index contributed by atoms with van der Waals surface area (Å²) in [4.78, 5) is 0. The van der Waals surface area contributed by atoms with Crippen molar-refractivity contribution in [1.29, 1.82) is 0 Å². The Kier molecular flexibility index (Phi) is 5.07. The number of hydrogen-bond donors (Lipinski definition) is 0. The van der Waals surface area contributed by atoms with E-state index in [1.54, 1.807) is 0 Å². The Balaban J connectivity index is 1.82. The van der Waals surface area contributed by atoms with Gasteiger partial charge in [0, 0.05) is 6.07 Å². The molecule has 0 N–H and O–H groups in total. The lowest BCUT2D eigenvalue weighted by Gasteiger charge is -2.11. The smallest absolute Gasteiger partial charge is 0.356 e. The first-order valence-corrected chi connectivity index (χ1v) is 8.92. The number of halogens is 6. The van der Waals surface area contributed by atoms with Crippen molar-refractivity contribution in [2.45, 2.75) is 12.6 Å². The summed E-state index contributed by atoms with van der Waals surface area (Å²) in [5.74, 6) is -1.23. The van der Waals surface area contributed by atoms with E-state index >= 15 is 0 Å². The highest BCUT2D eigenvalue weighted by Gasteiger charge is 2.33. The van der Waals surface area contributed by atoms with Crippen LogP contribution in [0.1, 0.15) is 5.69 Å². The van der Waals surface area contributed by atoms with E-state index in [1.807, 2.05) is 0 Å². The van der Waals surface area contributed by atoms with E-state index in [1.165, 1.54) is 42.6 Å². The Labute approximate surface area is 171 Å². The highest BCUT2D eigenvalue weighted by molar-refractivity contribution is 6.33. The van der Waals surface area contributed by atoms with Gasteiger partial charge in [-0.05, 0) is 36.4 Å². The second-order valence-electron chi connectivity index (χ2n) is 6.36. The molecule has 30 heavy (non-hydrogen) atoms. The zero-order valence-electron chi connectivity index (χ0n) is 14.9. The minimum absolute atomic E-state index is 0.0165. The molecule has 0 spiro atoms. The van der Waals surface area contributed by atoms with Crippen molar-refractivity contribution in [3.05, 3.63) is 77.1 Å². The minimum atomic E-state index is -4.55. The molecule has 0 bridgehead atoms. The van der Waals surface area contributed by atoms with Crippen molar-refractivity contribution in [2.75, 3.05) is 0 Å². The lowest BCUT2D eigenvalue weighted by molar-refractivity contribution is -0.128. The van der Waals surface area contributed by atoms with Gasteiger partial charge < -0.3 is 4.52 Å². The fraction of sp³-hybridized carbons (Fsp3) is 0.100. The maximum atomic E-state index is 14.1. The average molecular weight is 440 g/mol. The Hall–Kier alpha value is -3.20. The molecule has 4 rings (SSSR count). The fourth-order valence-electron chi connectivity index (χ4n) is 3.01. The Bertz CT molecular complexity index is 1180. The summed E-state index contributed by atoms with van der Waals surface area (Å²) in [5, 5.41) is 7.82.